The first-order valence-electron chi connectivity index (χ1n) is 8.25. The summed E-state index contributed by atoms with van der Waals surface area (Å²) in [4.78, 5) is 2.98. The molecule has 0 aliphatic heterocycles. The van der Waals surface area contributed by atoms with Crippen LogP contribution in [0.25, 0.3) is 4.85 Å². The smallest absolute Gasteiger partial charge is 0.346 e. The average Bonchev–Trinajstić information content (AvgIpc) is 2.74. The molecular weight excluding hydrogens is 407 g/mol. The van der Waals surface area contributed by atoms with Crippen molar-refractivity contribution in [2.45, 2.75) is 36.2 Å². The van der Waals surface area contributed by atoms with Gasteiger partial charge >= 0.3 is 11.8 Å². The molecule has 0 spiro atoms. The number of nitrogens with zero attached hydrogens (tertiary/aromatic N) is 1. The van der Waals surface area contributed by atoms with Gasteiger partial charge in [0.05, 0.1) is 12.1 Å². The van der Waals surface area contributed by atoms with Crippen molar-refractivity contribution in [1.82, 2.24) is 0 Å². The Hall–Kier alpha value is -2.80. The third kappa shape index (κ3) is 2.40. The summed E-state index contributed by atoms with van der Waals surface area (Å²) in [5, 5.41) is 10.4. The Bertz CT molecular complexity index is 1080. The second-order valence-electron chi connectivity index (χ2n) is 6.93. The molecule has 2 aliphatic rings. The molecule has 152 valence electrons. The Balaban J connectivity index is 1.96. The molecule has 0 fully saturated rings. The lowest BCUT2D eigenvalue weighted by molar-refractivity contribution is -0.293. The van der Waals surface area contributed by atoms with Gasteiger partial charge in [-0.2, -0.15) is 17.6 Å². The fourth-order valence-corrected chi connectivity index (χ4v) is 3.85. The van der Waals surface area contributed by atoms with Crippen molar-refractivity contribution in [1.29, 1.82) is 0 Å². The molecule has 4 rings (SSSR count). The topological polar surface area (TPSA) is 33.8 Å². The zero-order valence-electron chi connectivity index (χ0n) is 14.2. The SMILES string of the molecule is [C-]#[N+]c1cc(F)cc(Oc2ccc3c4c2C(F)(F)CCC4(O)C(F)(F)C3(F)F)c1. The van der Waals surface area contributed by atoms with Gasteiger partial charge in [0, 0.05) is 23.6 Å². The summed E-state index contributed by atoms with van der Waals surface area (Å²) in [5.41, 5.74) is -7.72. The van der Waals surface area contributed by atoms with E-state index in [0.29, 0.717) is 12.1 Å². The minimum Gasteiger partial charge on any atom is -0.458 e. The van der Waals surface area contributed by atoms with Crippen molar-refractivity contribution in [3.05, 3.63) is 64.3 Å². The van der Waals surface area contributed by atoms with Gasteiger partial charge in [-0.05, 0) is 30.7 Å². The highest BCUT2D eigenvalue weighted by Crippen LogP contribution is 2.67. The van der Waals surface area contributed by atoms with Crippen molar-refractivity contribution in [2.75, 3.05) is 0 Å². The Kier molecular flexibility index (Phi) is 3.79. The number of alkyl halides is 6. The first kappa shape index (κ1) is 19.5. The normalized spacial score (nSPS) is 25.2. The highest BCUT2D eigenvalue weighted by atomic mass is 19.3. The Morgan fingerprint density at radius 1 is 0.966 bits per heavy atom. The molecule has 1 unspecified atom stereocenters. The van der Waals surface area contributed by atoms with Crippen LogP contribution < -0.4 is 4.74 Å². The lowest BCUT2D eigenvalue weighted by Crippen LogP contribution is -2.51. The van der Waals surface area contributed by atoms with E-state index in [9.17, 15) is 35.8 Å². The molecule has 10 heteroatoms. The number of halogens is 7. The zero-order chi connectivity index (χ0) is 21.4. The summed E-state index contributed by atoms with van der Waals surface area (Å²) in [6.45, 7) is 6.89. The van der Waals surface area contributed by atoms with Gasteiger partial charge in [-0.25, -0.2) is 18.0 Å². The number of aliphatic hydroxyl groups is 1. The number of ether oxygens (including phenoxy) is 1. The molecule has 2 aromatic carbocycles. The van der Waals surface area contributed by atoms with Crippen LogP contribution in [0.3, 0.4) is 0 Å². The maximum atomic E-state index is 14.6. The summed E-state index contributed by atoms with van der Waals surface area (Å²) in [6.07, 6.45) is -2.60. The Morgan fingerprint density at radius 3 is 2.31 bits per heavy atom. The van der Waals surface area contributed by atoms with Gasteiger partial charge in [0.25, 0.3) is 5.92 Å². The average molecular weight is 417 g/mol. The molecule has 1 atom stereocenters. The van der Waals surface area contributed by atoms with E-state index in [-0.39, 0.29) is 5.69 Å². The minimum absolute atomic E-state index is 0.226. The number of hydrogen-bond donors (Lipinski definition) is 1. The first-order chi connectivity index (χ1) is 13.3. The molecule has 0 bridgehead atoms. The molecule has 0 radical (unpaired) electrons. The van der Waals surface area contributed by atoms with E-state index in [2.05, 4.69) is 4.85 Å². The van der Waals surface area contributed by atoms with Crippen molar-refractivity contribution >= 4 is 5.69 Å². The predicted molar refractivity (Wildman–Crippen MR) is 85.0 cm³/mol. The van der Waals surface area contributed by atoms with Gasteiger partial charge in [0.2, 0.25) is 0 Å². The number of hydrogen-bond acceptors (Lipinski definition) is 2. The van der Waals surface area contributed by atoms with Crippen molar-refractivity contribution in [3.63, 3.8) is 0 Å². The summed E-state index contributed by atoms with van der Waals surface area (Å²) >= 11 is 0. The maximum absolute atomic E-state index is 14.6. The molecule has 0 aromatic heterocycles. The van der Waals surface area contributed by atoms with E-state index in [0.717, 1.165) is 18.2 Å². The summed E-state index contributed by atoms with van der Waals surface area (Å²) in [7, 11) is 0. The predicted octanol–water partition coefficient (Wildman–Crippen LogP) is 5.98. The van der Waals surface area contributed by atoms with E-state index in [1.165, 1.54) is 0 Å². The van der Waals surface area contributed by atoms with Crippen molar-refractivity contribution in [2.24, 2.45) is 0 Å². The van der Waals surface area contributed by atoms with Gasteiger partial charge in [-0.3, -0.25) is 0 Å². The quantitative estimate of drug-likeness (QED) is 0.482. The summed E-state index contributed by atoms with van der Waals surface area (Å²) in [6, 6.07) is 3.74. The van der Waals surface area contributed by atoms with Crippen molar-refractivity contribution < 1.29 is 40.6 Å². The van der Waals surface area contributed by atoms with Crippen molar-refractivity contribution in [3.8, 4) is 11.5 Å². The molecule has 3 nitrogen and oxygen atoms in total. The monoisotopic (exact) mass is 417 g/mol. The van der Waals surface area contributed by atoms with Gasteiger partial charge in [0.15, 0.2) is 11.3 Å². The molecule has 2 aromatic rings. The van der Waals surface area contributed by atoms with E-state index in [1.54, 1.807) is 0 Å². The van der Waals surface area contributed by atoms with E-state index in [1.807, 2.05) is 0 Å². The standard InChI is InChI=1S/C19H10F7NO2/c1-27-10-6-9(20)7-11(8-10)29-13-3-2-12-14-15(13)17(21,22)5-4-16(14,28)19(25,26)18(12,23)24/h2-3,6-8,28H,4-5H2. The summed E-state index contributed by atoms with van der Waals surface area (Å²) in [5.74, 6) is -15.9. The molecule has 0 saturated carbocycles. The second kappa shape index (κ2) is 5.63. The van der Waals surface area contributed by atoms with Crippen LogP contribution in [-0.4, -0.2) is 11.0 Å². The van der Waals surface area contributed by atoms with E-state index < -0.39 is 70.2 Å². The number of rotatable bonds is 2. The van der Waals surface area contributed by atoms with Gasteiger partial charge < -0.3 is 9.84 Å². The molecular formula is C19H10F7NO2. The fourth-order valence-electron chi connectivity index (χ4n) is 3.85. The molecule has 0 heterocycles. The molecule has 29 heavy (non-hydrogen) atoms. The molecule has 1 N–H and O–H groups in total. The van der Waals surface area contributed by atoms with E-state index >= 15 is 0 Å². The Morgan fingerprint density at radius 2 is 1.66 bits per heavy atom. The van der Waals surface area contributed by atoms with Gasteiger partial charge in [-0.1, -0.05) is 0 Å². The Labute approximate surface area is 159 Å². The fraction of sp³-hybridized carbons (Fsp3) is 0.316. The van der Waals surface area contributed by atoms with Crippen LogP contribution in [0.4, 0.5) is 36.4 Å². The lowest BCUT2D eigenvalue weighted by Gasteiger charge is -2.38. The van der Waals surface area contributed by atoms with Gasteiger partial charge in [-0.15, -0.1) is 0 Å². The lowest BCUT2D eigenvalue weighted by atomic mass is 9.76. The summed E-state index contributed by atoms with van der Waals surface area (Å²) < 4.78 is 105. The van der Waals surface area contributed by atoms with Crippen LogP contribution in [0.1, 0.15) is 29.5 Å². The highest BCUT2D eigenvalue weighted by molar-refractivity contribution is 5.60. The van der Waals surface area contributed by atoms with Crippen LogP contribution >= 0.6 is 0 Å². The van der Waals surface area contributed by atoms with E-state index in [4.69, 9.17) is 11.3 Å². The molecule has 0 saturated heterocycles. The largest absolute Gasteiger partial charge is 0.458 e. The maximum Gasteiger partial charge on any atom is 0.346 e. The third-order valence-corrected chi connectivity index (χ3v) is 5.21. The van der Waals surface area contributed by atoms with Crippen LogP contribution in [0.2, 0.25) is 0 Å². The third-order valence-electron chi connectivity index (χ3n) is 5.21. The molecule has 2 aliphatic carbocycles. The van der Waals surface area contributed by atoms with Gasteiger partial charge in [0.1, 0.15) is 17.3 Å². The highest BCUT2D eigenvalue weighted by Gasteiger charge is 2.78. The molecule has 0 amide bonds. The second-order valence-corrected chi connectivity index (χ2v) is 6.93. The van der Waals surface area contributed by atoms with Crippen LogP contribution in [-0.2, 0) is 17.4 Å². The van der Waals surface area contributed by atoms with Crippen LogP contribution in [0.5, 0.6) is 11.5 Å². The number of benzene rings is 2. The minimum atomic E-state index is -5.01. The first-order valence-corrected chi connectivity index (χ1v) is 8.25. The van der Waals surface area contributed by atoms with Crippen LogP contribution in [0, 0.1) is 12.4 Å². The van der Waals surface area contributed by atoms with Crippen LogP contribution in [0.15, 0.2) is 30.3 Å². The zero-order valence-corrected chi connectivity index (χ0v) is 14.2.